The van der Waals surface area contributed by atoms with Gasteiger partial charge in [-0.3, -0.25) is 4.79 Å². The number of fused-ring (bicyclic) bond motifs is 1. The maximum atomic E-state index is 12.2. The molecule has 0 aliphatic rings. The molecule has 100 valence electrons. The Morgan fingerprint density at radius 3 is 2.65 bits per heavy atom. The minimum absolute atomic E-state index is 0.0818. The molecule has 2 aromatic heterocycles. The van der Waals surface area contributed by atoms with Gasteiger partial charge in [0.15, 0.2) is 11.4 Å². The number of hydrogen-bond acceptors (Lipinski definition) is 4. The smallest absolute Gasteiger partial charge is 0.184 e. The first-order valence-electron chi connectivity index (χ1n) is 5.76. The standard InChI is InChI=1S/C13H8Cl2N4O/c14-9-3-1-8(2-4-9)11(20)6-19-13-10(5-18-19)12(15)16-7-17-13/h1-5,7H,6H2. The van der Waals surface area contributed by atoms with Gasteiger partial charge >= 0.3 is 0 Å². The van der Waals surface area contributed by atoms with E-state index in [1.165, 1.54) is 11.0 Å². The van der Waals surface area contributed by atoms with Crippen molar-refractivity contribution < 1.29 is 4.79 Å². The van der Waals surface area contributed by atoms with Crippen LogP contribution in [0.15, 0.2) is 36.8 Å². The molecule has 0 amide bonds. The zero-order chi connectivity index (χ0) is 14.1. The van der Waals surface area contributed by atoms with E-state index in [0.717, 1.165) is 0 Å². The molecule has 0 fully saturated rings. The van der Waals surface area contributed by atoms with Crippen LogP contribution in [0.2, 0.25) is 10.2 Å². The highest BCUT2D eigenvalue weighted by Crippen LogP contribution is 2.18. The molecule has 0 radical (unpaired) electrons. The van der Waals surface area contributed by atoms with Gasteiger partial charge in [0.05, 0.1) is 11.6 Å². The maximum Gasteiger partial charge on any atom is 0.184 e. The van der Waals surface area contributed by atoms with E-state index in [4.69, 9.17) is 23.2 Å². The third-order valence-electron chi connectivity index (χ3n) is 2.84. The SMILES string of the molecule is O=C(Cn1ncc2c(Cl)ncnc21)c1ccc(Cl)cc1. The Balaban J connectivity index is 1.91. The average Bonchev–Trinajstić information content (AvgIpc) is 2.84. The molecule has 2 heterocycles. The van der Waals surface area contributed by atoms with Crippen LogP contribution in [0.25, 0.3) is 11.0 Å². The Kier molecular flexibility index (Phi) is 3.38. The van der Waals surface area contributed by atoms with Crippen LogP contribution in [0.5, 0.6) is 0 Å². The van der Waals surface area contributed by atoms with Crippen LogP contribution in [-0.2, 0) is 6.54 Å². The van der Waals surface area contributed by atoms with E-state index in [1.807, 2.05) is 0 Å². The molecule has 0 bridgehead atoms. The number of halogens is 2. The molecule has 1 aromatic carbocycles. The van der Waals surface area contributed by atoms with Crippen molar-refractivity contribution in [2.45, 2.75) is 6.54 Å². The van der Waals surface area contributed by atoms with Crippen molar-refractivity contribution in [3.63, 3.8) is 0 Å². The number of aromatic nitrogens is 4. The number of benzene rings is 1. The molecule has 7 heteroatoms. The van der Waals surface area contributed by atoms with Crippen molar-refractivity contribution in [2.24, 2.45) is 0 Å². The number of carbonyl (C=O) groups excluding carboxylic acids is 1. The van der Waals surface area contributed by atoms with E-state index in [1.54, 1.807) is 30.5 Å². The highest BCUT2D eigenvalue weighted by atomic mass is 35.5. The lowest BCUT2D eigenvalue weighted by Crippen LogP contribution is -2.12. The summed E-state index contributed by atoms with van der Waals surface area (Å²) in [7, 11) is 0. The lowest BCUT2D eigenvalue weighted by molar-refractivity contribution is 0.0969. The molecular formula is C13H8Cl2N4O. The first kappa shape index (κ1) is 13.0. The molecule has 5 nitrogen and oxygen atoms in total. The van der Waals surface area contributed by atoms with E-state index in [2.05, 4.69) is 15.1 Å². The Morgan fingerprint density at radius 2 is 1.90 bits per heavy atom. The minimum Gasteiger partial charge on any atom is -0.292 e. The van der Waals surface area contributed by atoms with Gasteiger partial charge in [0.1, 0.15) is 18.0 Å². The van der Waals surface area contributed by atoms with Crippen molar-refractivity contribution in [2.75, 3.05) is 0 Å². The van der Waals surface area contributed by atoms with Crippen molar-refractivity contribution in [1.29, 1.82) is 0 Å². The van der Waals surface area contributed by atoms with Gasteiger partial charge in [-0.1, -0.05) is 23.2 Å². The summed E-state index contributed by atoms with van der Waals surface area (Å²) < 4.78 is 1.50. The lowest BCUT2D eigenvalue weighted by Gasteiger charge is -2.03. The number of hydrogen-bond donors (Lipinski definition) is 0. The zero-order valence-corrected chi connectivity index (χ0v) is 11.6. The Hall–Kier alpha value is -1.98. The number of rotatable bonds is 3. The van der Waals surface area contributed by atoms with Crippen molar-refractivity contribution in [3.8, 4) is 0 Å². The van der Waals surface area contributed by atoms with Crippen LogP contribution >= 0.6 is 23.2 Å². The molecule has 0 spiro atoms. The molecule has 0 atom stereocenters. The van der Waals surface area contributed by atoms with Crippen LogP contribution in [0.1, 0.15) is 10.4 Å². The van der Waals surface area contributed by atoms with Crippen molar-refractivity contribution >= 4 is 40.0 Å². The summed E-state index contributed by atoms with van der Waals surface area (Å²) in [5.41, 5.74) is 1.10. The Morgan fingerprint density at radius 1 is 1.15 bits per heavy atom. The number of Topliss-reactive ketones (excluding diaryl/α,β-unsaturated/α-hetero) is 1. The molecule has 3 rings (SSSR count). The molecule has 0 unspecified atom stereocenters. The number of carbonyl (C=O) groups is 1. The molecule has 0 aliphatic carbocycles. The topological polar surface area (TPSA) is 60.7 Å². The van der Waals surface area contributed by atoms with E-state index >= 15 is 0 Å². The van der Waals surface area contributed by atoms with Gasteiger partial charge in [0.25, 0.3) is 0 Å². The van der Waals surface area contributed by atoms with E-state index in [-0.39, 0.29) is 12.3 Å². The van der Waals surface area contributed by atoms with Gasteiger partial charge in [-0.2, -0.15) is 5.10 Å². The van der Waals surface area contributed by atoms with Gasteiger partial charge in [-0.15, -0.1) is 0 Å². The average molecular weight is 307 g/mol. The third-order valence-corrected chi connectivity index (χ3v) is 3.40. The van der Waals surface area contributed by atoms with Gasteiger partial charge in [0, 0.05) is 10.6 Å². The highest BCUT2D eigenvalue weighted by molar-refractivity contribution is 6.33. The van der Waals surface area contributed by atoms with E-state index in [9.17, 15) is 4.79 Å². The first-order chi connectivity index (χ1) is 9.65. The van der Waals surface area contributed by atoms with Gasteiger partial charge in [-0.25, -0.2) is 14.6 Å². The third kappa shape index (κ3) is 2.37. The summed E-state index contributed by atoms with van der Waals surface area (Å²) in [6.45, 7) is 0.0818. The fraction of sp³-hybridized carbons (Fsp3) is 0.0769. The Bertz CT molecular complexity index is 783. The predicted molar refractivity (Wildman–Crippen MR) is 76.1 cm³/mol. The largest absolute Gasteiger partial charge is 0.292 e. The van der Waals surface area contributed by atoms with Crippen LogP contribution < -0.4 is 0 Å². The monoisotopic (exact) mass is 306 g/mol. The summed E-state index contributed by atoms with van der Waals surface area (Å²) in [6, 6.07) is 6.71. The highest BCUT2D eigenvalue weighted by Gasteiger charge is 2.12. The number of ketones is 1. The maximum absolute atomic E-state index is 12.2. The molecular weight excluding hydrogens is 299 g/mol. The van der Waals surface area contributed by atoms with E-state index < -0.39 is 0 Å². The molecule has 0 N–H and O–H groups in total. The fourth-order valence-electron chi connectivity index (χ4n) is 1.84. The Labute approximate surface area is 124 Å². The quantitative estimate of drug-likeness (QED) is 0.551. The van der Waals surface area contributed by atoms with Crippen LogP contribution in [0, 0.1) is 0 Å². The first-order valence-corrected chi connectivity index (χ1v) is 6.51. The summed E-state index contributed by atoms with van der Waals surface area (Å²) in [5, 5.41) is 5.65. The second-order valence-electron chi connectivity index (χ2n) is 4.13. The molecule has 3 aromatic rings. The van der Waals surface area contributed by atoms with Gasteiger partial charge in [0.2, 0.25) is 0 Å². The van der Waals surface area contributed by atoms with Gasteiger partial charge < -0.3 is 0 Å². The van der Waals surface area contributed by atoms with Crippen LogP contribution in [-0.4, -0.2) is 25.5 Å². The second kappa shape index (κ2) is 5.19. The summed E-state index contributed by atoms with van der Waals surface area (Å²) in [6.07, 6.45) is 2.89. The predicted octanol–water partition coefficient (Wildman–Crippen LogP) is 3.02. The zero-order valence-electron chi connectivity index (χ0n) is 10.1. The van der Waals surface area contributed by atoms with Crippen molar-refractivity contribution in [3.05, 3.63) is 52.5 Å². The lowest BCUT2D eigenvalue weighted by atomic mass is 10.1. The molecule has 0 saturated carbocycles. The van der Waals surface area contributed by atoms with E-state index in [0.29, 0.717) is 26.8 Å². The minimum atomic E-state index is -0.0820. The number of nitrogens with zero attached hydrogens (tertiary/aromatic N) is 4. The fourth-order valence-corrected chi connectivity index (χ4v) is 2.15. The normalized spacial score (nSPS) is 10.9. The summed E-state index contributed by atoms with van der Waals surface area (Å²) in [5.74, 6) is -0.0820. The van der Waals surface area contributed by atoms with Crippen molar-refractivity contribution in [1.82, 2.24) is 19.7 Å². The van der Waals surface area contributed by atoms with Gasteiger partial charge in [-0.05, 0) is 24.3 Å². The summed E-state index contributed by atoms with van der Waals surface area (Å²) >= 11 is 11.7. The molecule has 0 aliphatic heterocycles. The summed E-state index contributed by atoms with van der Waals surface area (Å²) in [4.78, 5) is 20.1. The van der Waals surface area contributed by atoms with Crippen LogP contribution in [0.3, 0.4) is 0 Å². The molecule has 20 heavy (non-hydrogen) atoms. The molecule has 0 saturated heterocycles. The second-order valence-corrected chi connectivity index (χ2v) is 4.93. The van der Waals surface area contributed by atoms with Crippen LogP contribution in [0.4, 0.5) is 0 Å².